The Morgan fingerprint density at radius 1 is 0.677 bits per heavy atom. The van der Waals surface area contributed by atoms with Crippen LogP contribution < -0.4 is 5.56 Å². The number of rotatable bonds is 4. The van der Waals surface area contributed by atoms with Gasteiger partial charge in [-0.1, -0.05) is 84.9 Å². The number of aromatic nitrogens is 2. The van der Waals surface area contributed by atoms with Crippen molar-refractivity contribution in [1.29, 1.82) is 0 Å². The number of nitrogens with zero attached hydrogens (tertiary/aromatic N) is 2. The van der Waals surface area contributed by atoms with E-state index in [4.69, 9.17) is 0 Å². The van der Waals surface area contributed by atoms with Crippen LogP contribution in [0.25, 0.3) is 11.8 Å². The van der Waals surface area contributed by atoms with Crippen molar-refractivity contribution in [3.8, 4) is 5.69 Å². The van der Waals surface area contributed by atoms with Crippen LogP contribution in [0.5, 0.6) is 0 Å². The number of fused-ring (bicyclic) bond motifs is 2. The smallest absolute Gasteiger partial charge is 0.279 e. The van der Waals surface area contributed by atoms with Crippen molar-refractivity contribution in [3.05, 3.63) is 129 Å². The van der Waals surface area contributed by atoms with E-state index in [0.29, 0.717) is 11.3 Å². The summed E-state index contributed by atoms with van der Waals surface area (Å²) >= 11 is 0. The lowest BCUT2D eigenvalue weighted by atomic mass is 9.88. The molecule has 5 nitrogen and oxygen atoms in total. The Balaban J connectivity index is 1.70. The molecule has 0 atom stereocenters. The van der Waals surface area contributed by atoms with E-state index < -0.39 is 11.3 Å². The fourth-order valence-corrected chi connectivity index (χ4v) is 3.96. The minimum atomic E-state index is -0.468. The Morgan fingerprint density at radius 3 is 1.94 bits per heavy atom. The number of benzene rings is 3. The molecule has 1 aromatic heterocycles. The van der Waals surface area contributed by atoms with Gasteiger partial charge in [-0.05, 0) is 17.7 Å². The van der Waals surface area contributed by atoms with E-state index in [9.17, 15) is 14.4 Å². The average molecular weight is 406 g/mol. The van der Waals surface area contributed by atoms with E-state index in [1.54, 1.807) is 28.9 Å². The van der Waals surface area contributed by atoms with Gasteiger partial charge in [0, 0.05) is 11.1 Å². The molecule has 0 amide bonds. The standard InChI is InChI=1S/C26H18N2O3/c29-24-20-15-7-8-16-21(20)25(30)23-22(24)26(31)27(28(23)19-13-5-2-6-14-19)17-9-12-18-10-3-1-4-11-18/h1-16H,17H2. The van der Waals surface area contributed by atoms with Crippen molar-refractivity contribution < 1.29 is 9.59 Å². The molecule has 0 saturated heterocycles. The minimum absolute atomic E-state index is 0.0688. The average Bonchev–Trinajstić information content (AvgIpc) is 3.11. The Labute approximate surface area is 178 Å². The Hall–Kier alpha value is -4.25. The first-order chi connectivity index (χ1) is 15.2. The van der Waals surface area contributed by atoms with Crippen LogP contribution in [0.3, 0.4) is 0 Å². The van der Waals surface area contributed by atoms with Gasteiger partial charge in [0.05, 0.1) is 12.2 Å². The third kappa shape index (κ3) is 3.07. The number of hydrogen-bond donors (Lipinski definition) is 0. The van der Waals surface area contributed by atoms with E-state index in [1.807, 2.05) is 72.8 Å². The fourth-order valence-electron chi connectivity index (χ4n) is 3.96. The summed E-state index contributed by atoms with van der Waals surface area (Å²) in [6.07, 6.45) is 3.76. The second kappa shape index (κ2) is 7.54. The highest BCUT2D eigenvalue weighted by atomic mass is 16.2. The largest absolute Gasteiger partial charge is 0.288 e. The molecule has 0 spiro atoms. The van der Waals surface area contributed by atoms with Crippen LogP contribution in [0, 0.1) is 0 Å². The predicted molar refractivity (Wildman–Crippen MR) is 119 cm³/mol. The van der Waals surface area contributed by atoms with Crippen molar-refractivity contribution >= 4 is 17.6 Å². The Kier molecular flexibility index (Phi) is 4.56. The summed E-state index contributed by atoms with van der Waals surface area (Å²) in [6, 6.07) is 25.5. The molecule has 150 valence electrons. The predicted octanol–water partition coefficient (Wildman–Crippen LogP) is 4.13. The number of carbonyl (C=O) groups is 2. The normalized spacial score (nSPS) is 12.8. The molecule has 5 rings (SSSR count). The summed E-state index contributed by atoms with van der Waals surface area (Å²) in [5, 5.41) is 0. The van der Waals surface area contributed by atoms with Gasteiger partial charge in [0.1, 0.15) is 11.3 Å². The molecule has 0 N–H and O–H groups in total. The first-order valence-corrected chi connectivity index (χ1v) is 9.98. The molecule has 0 saturated carbocycles. The van der Waals surface area contributed by atoms with E-state index in [-0.39, 0.29) is 29.1 Å². The van der Waals surface area contributed by atoms with Crippen LogP contribution in [0.4, 0.5) is 0 Å². The summed E-state index contributed by atoms with van der Waals surface area (Å²) in [7, 11) is 0. The van der Waals surface area contributed by atoms with E-state index in [2.05, 4.69) is 0 Å². The lowest BCUT2D eigenvalue weighted by Gasteiger charge is -2.17. The third-order valence-corrected chi connectivity index (χ3v) is 5.39. The lowest BCUT2D eigenvalue weighted by Crippen LogP contribution is -2.26. The zero-order valence-electron chi connectivity index (χ0n) is 16.6. The minimum Gasteiger partial charge on any atom is -0.288 e. The van der Waals surface area contributed by atoms with Gasteiger partial charge in [-0.3, -0.25) is 14.4 Å². The van der Waals surface area contributed by atoms with E-state index in [0.717, 1.165) is 5.56 Å². The van der Waals surface area contributed by atoms with Crippen LogP contribution in [-0.2, 0) is 6.54 Å². The molecule has 4 aromatic rings. The van der Waals surface area contributed by atoms with Crippen molar-refractivity contribution in [3.63, 3.8) is 0 Å². The SMILES string of the molecule is O=C1c2ccccc2C(=O)c2c1c(=O)n(CC=Cc1ccccc1)n2-c1ccccc1. The van der Waals surface area contributed by atoms with E-state index in [1.165, 1.54) is 4.68 Å². The number of carbonyl (C=O) groups excluding carboxylic acids is 2. The monoisotopic (exact) mass is 406 g/mol. The number of hydrogen-bond acceptors (Lipinski definition) is 3. The van der Waals surface area contributed by atoms with Gasteiger partial charge in [0.2, 0.25) is 11.6 Å². The summed E-state index contributed by atoms with van der Waals surface area (Å²) < 4.78 is 3.02. The molecule has 0 unspecified atom stereocenters. The molecule has 5 heteroatoms. The molecular formula is C26H18N2O3. The van der Waals surface area contributed by atoms with Crippen molar-refractivity contribution in [2.75, 3.05) is 0 Å². The zero-order chi connectivity index (χ0) is 21.4. The maximum Gasteiger partial charge on any atom is 0.279 e. The van der Waals surface area contributed by atoms with Gasteiger partial charge in [-0.2, -0.15) is 0 Å². The lowest BCUT2D eigenvalue weighted by molar-refractivity contribution is 0.0974. The molecule has 1 heterocycles. The molecule has 0 aliphatic heterocycles. The van der Waals surface area contributed by atoms with Gasteiger partial charge < -0.3 is 0 Å². The van der Waals surface area contributed by atoms with Crippen LogP contribution in [-0.4, -0.2) is 20.9 Å². The number of allylic oxidation sites excluding steroid dienone is 1. The molecular weight excluding hydrogens is 388 g/mol. The summed E-state index contributed by atoms with van der Waals surface area (Å²) in [5.41, 5.74) is 1.82. The van der Waals surface area contributed by atoms with Crippen LogP contribution >= 0.6 is 0 Å². The third-order valence-electron chi connectivity index (χ3n) is 5.39. The van der Waals surface area contributed by atoms with Gasteiger partial charge in [-0.15, -0.1) is 0 Å². The maximum absolute atomic E-state index is 13.4. The summed E-state index contributed by atoms with van der Waals surface area (Å²) in [6.45, 7) is 0.215. The van der Waals surface area contributed by atoms with Gasteiger partial charge >= 0.3 is 0 Å². The quantitative estimate of drug-likeness (QED) is 0.451. The van der Waals surface area contributed by atoms with Gasteiger partial charge in [0.25, 0.3) is 5.56 Å². The summed E-state index contributed by atoms with van der Waals surface area (Å²) in [4.78, 5) is 39.9. The molecule has 1 aliphatic carbocycles. The van der Waals surface area contributed by atoms with Crippen molar-refractivity contribution in [2.45, 2.75) is 6.54 Å². The number of para-hydroxylation sites is 1. The van der Waals surface area contributed by atoms with Crippen LogP contribution in [0.1, 0.15) is 37.5 Å². The van der Waals surface area contributed by atoms with Crippen LogP contribution in [0.2, 0.25) is 0 Å². The zero-order valence-corrected chi connectivity index (χ0v) is 16.6. The summed E-state index contributed by atoms with van der Waals surface area (Å²) in [5.74, 6) is -0.734. The fraction of sp³-hybridized carbons (Fsp3) is 0.0385. The highest BCUT2D eigenvalue weighted by molar-refractivity contribution is 6.27. The molecule has 1 aliphatic rings. The first-order valence-electron chi connectivity index (χ1n) is 9.98. The first kappa shape index (κ1) is 18.8. The highest BCUT2D eigenvalue weighted by Gasteiger charge is 2.37. The van der Waals surface area contributed by atoms with E-state index >= 15 is 0 Å². The molecule has 0 fully saturated rings. The Bertz CT molecular complexity index is 1390. The second-order valence-electron chi connectivity index (χ2n) is 7.28. The van der Waals surface area contributed by atoms with Crippen LogP contribution in [0.15, 0.2) is 95.8 Å². The Morgan fingerprint density at radius 2 is 1.26 bits per heavy atom. The number of ketones is 2. The van der Waals surface area contributed by atoms with Gasteiger partial charge in [-0.25, -0.2) is 9.36 Å². The molecule has 3 aromatic carbocycles. The molecule has 0 bridgehead atoms. The topological polar surface area (TPSA) is 61.1 Å². The van der Waals surface area contributed by atoms with Crippen molar-refractivity contribution in [2.24, 2.45) is 0 Å². The highest BCUT2D eigenvalue weighted by Crippen LogP contribution is 2.27. The second-order valence-corrected chi connectivity index (χ2v) is 7.28. The maximum atomic E-state index is 13.4. The van der Waals surface area contributed by atoms with Gasteiger partial charge in [0.15, 0.2) is 0 Å². The molecule has 0 radical (unpaired) electrons. The molecule has 31 heavy (non-hydrogen) atoms. The van der Waals surface area contributed by atoms with Crippen molar-refractivity contribution in [1.82, 2.24) is 9.36 Å².